The van der Waals surface area contributed by atoms with Crippen molar-refractivity contribution in [2.24, 2.45) is 0 Å². The van der Waals surface area contributed by atoms with Crippen molar-refractivity contribution in [3.8, 4) is 0 Å². The Bertz CT molecular complexity index is 596. The quantitative estimate of drug-likeness (QED) is 0.216. The van der Waals surface area contributed by atoms with Crippen molar-refractivity contribution >= 4 is 30.4 Å². The fourth-order valence-corrected chi connectivity index (χ4v) is 0. The molecule has 0 aromatic heterocycles. The van der Waals surface area contributed by atoms with Crippen LogP contribution in [0.1, 0.15) is 0 Å². The van der Waals surface area contributed by atoms with Gasteiger partial charge in [-0.25, -0.2) is 25.3 Å². The van der Waals surface area contributed by atoms with Gasteiger partial charge in [-0.3, -0.25) is 0 Å². The summed E-state index contributed by atoms with van der Waals surface area (Å²) < 4.78 is 177. The molecule has 0 aliphatic rings. The molecule has 0 aliphatic heterocycles. The third kappa shape index (κ3) is 16.3. The summed E-state index contributed by atoms with van der Waals surface area (Å²) in [5, 5.41) is 0. The first-order chi connectivity index (χ1) is 9.75. The van der Waals surface area contributed by atoms with Crippen LogP contribution in [-0.2, 0) is 30.4 Å². The van der Waals surface area contributed by atoms with Gasteiger partial charge in [0.15, 0.2) is 30.4 Å². The third-order valence-corrected chi connectivity index (χ3v) is 2.55. The minimum absolute atomic E-state index is 0. The van der Waals surface area contributed by atoms with Crippen LogP contribution in [0.15, 0.2) is 0 Å². The fraction of sp³-hybridized carbons (Fsp3) is 1.00. The van der Waals surface area contributed by atoms with Gasteiger partial charge < -0.3 is 13.7 Å². The number of halogens is 9. The van der Waals surface area contributed by atoms with Crippen molar-refractivity contribution in [3.63, 3.8) is 0 Å². The average molecular weight is 592 g/mol. The largest absolute Gasteiger partial charge is 0.741 e. The Hall–Kier alpha value is 0.438. The molecule has 0 amide bonds. The molecule has 0 bridgehead atoms. The van der Waals surface area contributed by atoms with Gasteiger partial charge in [-0.05, 0) is 0 Å². The Kier molecular flexibility index (Phi) is 13.4. The SMILES string of the molecule is O=S(=O)([O-])C(F)(F)F.O=S(=O)([O-])C(F)(F)F.O=S(=O)([O-])C(F)(F)F.[Pm]. The van der Waals surface area contributed by atoms with E-state index in [1.807, 2.05) is 0 Å². The van der Waals surface area contributed by atoms with E-state index in [4.69, 9.17) is 38.9 Å². The summed E-state index contributed by atoms with van der Waals surface area (Å²) in [4.78, 5) is 0. The second-order valence-corrected chi connectivity index (χ2v) is 6.81. The molecular weight excluding hydrogens is 592 g/mol. The summed E-state index contributed by atoms with van der Waals surface area (Å²) in [6, 6.07) is 0. The maximum absolute atomic E-state index is 10.7. The first kappa shape index (κ1) is 33.1. The van der Waals surface area contributed by atoms with Gasteiger partial charge in [0, 0.05) is 40.4 Å². The first-order valence-corrected chi connectivity index (χ1v) is 8.04. The van der Waals surface area contributed by atoms with E-state index in [-0.39, 0.29) is 40.4 Å². The Morgan fingerprint density at radius 3 is 0.480 bits per heavy atom. The second-order valence-electron chi connectivity index (χ2n) is 2.70. The van der Waals surface area contributed by atoms with Crippen molar-refractivity contribution in [1.82, 2.24) is 0 Å². The van der Waals surface area contributed by atoms with Crippen molar-refractivity contribution in [3.05, 3.63) is 0 Å². The normalized spacial score (nSPS) is 13.4. The van der Waals surface area contributed by atoms with Crippen LogP contribution in [0.3, 0.4) is 0 Å². The fourth-order valence-electron chi connectivity index (χ4n) is 0. The molecule has 22 heteroatoms. The Labute approximate surface area is 164 Å². The van der Waals surface area contributed by atoms with E-state index in [2.05, 4.69) is 0 Å². The standard InChI is InChI=1S/3CHF3O3S.Pm/c3*2-1(3,4)8(5,6)7;/h3*(H,5,6,7);/p-3. The van der Waals surface area contributed by atoms with E-state index in [0.29, 0.717) is 0 Å². The maximum atomic E-state index is 10.7. The molecule has 0 spiro atoms. The summed E-state index contributed by atoms with van der Waals surface area (Å²) >= 11 is 0. The van der Waals surface area contributed by atoms with Gasteiger partial charge >= 0.3 is 16.5 Å². The monoisotopic (exact) mass is 592 g/mol. The molecule has 0 aliphatic carbocycles. The molecule has 0 saturated heterocycles. The van der Waals surface area contributed by atoms with Crippen LogP contribution in [0.25, 0.3) is 0 Å². The van der Waals surface area contributed by atoms with Crippen molar-refractivity contribution < 1.29 is 119 Å². The zero-order chi connectivity index (χ0) is 21.0. The zero-order valence-electron chi connectivity index (χ0n) is 10.2. The van der Waals surface area contributed by atoms with E-state index in [9.17, 15) is 39.5 Å². The number of hydrogen-bond acceptors (Lipinski definition) is 9. The molecule has 155 valence electrons. The molecule has 9 nitrogen and oxygen atoms in total. The van der Waals surface area contributed by atoms with Gasteiger partial charge in [0.25, 0.3) is 0 Å². The summed E-state index contributed by atoms with van der Waals surface area (Å²) in [5.74, 6) is 0. The minimum Gasteiger partial charge on any atom is -0.741 e. The smallest absolute Gasteiger partial charge is 0.485 e. The average Bonchev–Trinajstić information content (AvgIpc) is 2.08. The Morgan fingerprint density at radius 2 is 0.480 bits per heavy atom. The Morgan fingerprint density at radius 1 is 0.440 bits per heavy atom. The summed E-state index contributed by atoms with van der Waals surface area (Å²) in [6.45, 7) is 0. The van der Waals surface area contributed by atoms with Crippen molar-refractivity contribution in [2.45, 2.75) is 16.5 Å². The topological polar surface area (TPSA) is 172 Å². The van der Waals surface area contributed by atoms with Crippen LogP contribution in [0.5, 0.6) is 0 Å². The zero-order valence-corrected chi connectivity index (χ0v) is 15.6. The molecule has 0 fully saturated rings. The number of hydrogen-bond donors (Lipinski definition) is 0. The van der Waals surface area contributed by atoms with E-state index in [1.165, 1.54) is 0 Å². The summed E-state index contributed by atoms with van der Waals surface area (Å²) in [7, 11) is -18.3. The molecule has 0 N–H and O–H groups in total. The van der Waals surface area contributed by atoms with Crippen molar-refractivity contribution in [1.29, 1.82) is 0 Å². The van der Waals surface area contributed by atoms with Gasteiger partial charge in [0.2, 0.25) is 0 Å². The van der Waals surface area contributed by atoms with Gasteiger partial charge in [-0.1, -0.05) is 0 Å². The first-order valence-electron chi connectivity index (χ1n) is 3.81. The maximum Gasteiger partial charge on any atom is 0.485 e. The molecular formula is C3F9O9PmS3-3. The van der Waals surface area contributed by atoms with E-state index < -0.39 is 46.9 Å². The predicted octanol–water partition coefficient (Wildman–Crippen LogP) is 0.154. The molecule has 0 heterocycles. The summed E-state index contributed by atoms with van der Waals surface area (Å²) in [6.07, 6.45) is 0. The molecule has 0 aromatic carbocycles. The van der Waals surface area contributed by atoms with E-state index >= 15 is 0 Å². The van der Waals surface area contributed by atoms with Crippen LogP contribution < -0.4 is 0 Å². The Balaban J connectivity index is -0.000000130. The van der Waals surface area contributed by atoms with Gasteiger partial charge in [0.05, 0.1) is 0 Å². The molecule has 0 rings (SSSR count). The van der Waals surface area contributed by atoms with Gasteiger partial charge in [0.1, 0.15) is 0 Å². The van der Waals surface area contributed by atoms with Gasteiger partial charge in [-0.15, -0.1) is 0 Å². The predicted molar refractivity (Wildman–Crippen MR) is 47.3 cm³/mol. The van der Waals surface area contributed by atoms with Crippen LogP contribution in [0, 0.1) is 40.4 Å². The molecule has 0 saturated carbocycles. The van der Waals surface area contributed by atoms with Crippen molar-refractivity contribution in [2.75, 3.05) is 0 Å². The summed E-state index contributed by atoms with van der Waals surface area (Å²) in [5.41, 5.74) is -16.9. The van der Waals surface area contributed by atoms with Crippen LogP contribution in [-0.4, -0.2) is 55.4 Å². The molecule has 25 heavy (non-hydrogen) atoms. The van der Waals surface area contributed by atoms with Crippen LogP contribution >= 0.6 is 0 Å². The molecule has 0 unspecified atom stereocenters. The molecule has 0 atom stereocenters. The van der Waals surface area contributed by atoms with Crippen LogP contribution in [0.4, 0.5) is 39.5 Å². The van der Waals surface area contributed by atoms with Crippen LogP contribution in [0.2, 0.25) is 0 Å². The third-order valence-electron chi connectivity index (χ3n) is 0.850. The number of rotatable bonds is 0. The minimum atomic E-state index is -6.09. The van der Waals surface area contributed by atoms with E-state index in [1.54, 1.807) is 0 Å². The van der Waals surface area contributed by atoms with E-state index in [0.717, 1.165) is 0 Å². The number of alkyl halides is 9. The molecule has 1 radical (unpaired) electrons. The molecule has 0 aromatic rings. The second kappa shape index (κ2) is 10.1. The van der Waals surface area contributed by atoms with Gasteiger partial charge in [-0.2, -0.15) is 39.5 Å².